The molecule has 1 N–H and O–H groups in total. The topological polar surface area (TPSA) is 54.6 Å². The van der Waals surface area contributed by atoms with Crippen molar-refractivity contribution >= 4 is 28.4 Å². The predicted octanol–water partition coefficient (Wildman–Crippen LogP) is 5.88. The third kappa shape index (κ3) is 6.34. The highest BCUT2D eigenvalue weighted by Crippen LogP contribution is 2.38. The number of amides is 1. The maximum Gasteiger partial charge on any atom is 0.231 e. The number of benzene rings is 2. The molecule has 0 bridgehead atoms. The molecule has 36 heavy (non-hydrogen) atoms. The summed E-state index contributed by atoms with van der Waals surface area (Å²) < 4.78 is 12.4. The molecule has 2 aromatic carbocycles. The zero-order chi connectivity index (χ0) is 25.9. The number of aromatic amines is 1. The van der Waals surface area contributed by atoms with Crippen molar-refractivity contribution in [3.63, 3.8) is 0 Å². The van der Waals surface area contributed by atoms with E-state index in [1.54, 1.807) is 0 Å². The van der Waals surface area contributed by atoms with Crippen LogP contribution in [0.4, 0.5) is 0 Å². The molecule has 2 heterocycles. The highest BCUT2D eigenvalue weighted by Gasteiger charge is 2.29. The second-order valence-corrected chi connectivity index (χ2v) is 11.5. The Hall–Kier alpha value is -2.70. The van der Waals surface area contributed by atoms with Crippen LogP contribution in [0, 0.1) is 11.8 Å². The Bertz CT molecular complexity index is 1200. The summed E-state index contributed by atoms with van der Waals surface area (Å²) in [6, 6.07) is 12.4. The van der Waals surface area contributed by atoms with Crippen LogP contribution < -0.4 is 9.47 Å². The molecule has 7 heteroatoms. The molecule has 4 rings (SSSR count). The van der Waals surface area contributed by atoms with Gasteiger partial charge >= 0.3 is 0 Å². The van der Waals surface area contributed by atoms with Gasteiger partial charge in [0, 0.05) is 42.2 Å². The fraction of sp³-hybridized carbons (Fsp3) is 0.483. The van der Waals surface area contributed by atoms with Gasteiger partial charge in [0.1, 0.15) is 6.54 Å². The van der Waals surface area contributed by atoms with Gasteiger partial charge in [0.2, 0.25) is 5.91 Å². The van der Waals surface area contributed by atoms with Crippen LogP contribution in [-0.4, -0.2) is 60.7 Å². The number of carbonyl (C=O) groups excluding carboxylic acids is 1. The zero-order valence-electron chi connectivity index (χ0n) is 22.1. The van der Waals surface area contributed by atoms with Gasteiger partial charge in [-0.25, -0.2) is 0 Å². The lowest BCUT2D eigenvalue weighted by atomic mass is 10.0. The maximum atomic E-state index is 13.7. The number of hydrogen-bond donors (Lipinski definition) is 1. The summed E-state index contributed by atoms with van der Waals surface area (Å²) in [7, 11) is 4.40. The Kier molecular flexibility index (Phi) is 8.16. The summed E-state index contributed by atoms with van der Waals surface area (Å²) in [5.41, 5.74) is 3.39. The monoisotopic (exact) mass is 512 g/mol. The van der Waals surface area contributed by atoms with Crippen molar-refractivity contribution in [1.29, 1.82) is 0 Å². The van der Waals surface area contributed by atoms with Crippen LogP contribution in [0.5, 0.6) is 11.5 Å². The molecule has 0 fully saturated rings. The molecular weight excluding hydrogens is 474 g/mol. The number of nitrogens with one attached hydrogen (secondary N) is 1. The molecule has 0 spiro atoms. The number of carbonyl (C=O) groups is 1. The molecule has 1 aromatic heterocycles. The first-order valence-electron chi connectivity index (χ1n) is 12.9. The Morgan fingerprint density at radius 2 is 1.92 bits per heavy atom. The summed E-state index contributed by atoms with van der Waals surface area (Å²) in [6.45, 7) is 10.3. The lowest BCUT2D eigenvalue weighted by Crippen LogP contribution is -2.47. The van der Waals surface area contributed by atoms with Crippen LogP contribution in [0.25, 0.3) is 10.9 Å². The Labute approximate surface area is 219 Å². The molecule has 1 aliphatic rings. The largest absolute Gasteiger partial charge is 0.489 e. The van der Waals surface area contributed by atoms with Crippen molar-refractivity contribution < 1.29 is 18.8 Å². The molecule has 1 aliphatic heterocycles. The summed E-state index contributed by atoms with van der Waals surface area (Å²) in [5, 5.41) is 1.78. The van der Waals surface area contributed by atoms with Gasteiger partial charge in [-0.05, 0) is 42.7 Å². The van der Waals surface area contributed by atoms with Gasteiger partial charge < -0.3 is 23.8 Å². The molecule has 0 saturated heterocycles. The Morgan fingerprint density at radius 3 is 2.69 bits per heavy atom. The number of hydrogen-bond acceptors (Lipinski definition) is 3. The second kappa shape index (κ2) is 11.1. The first kappa shape index (κ1) is 26.4. The van der Waals surface area contributed by atoms with Gasteiger partial charge in [0.15, 0.2) is 11.5 Å². The second-order valence-electron chi connectivity index (χ2n) is 11.1. The van der Waals surface area contributed by atoms with E-state index in [2.05, 4.69) is 57.2 Å². The summed E-state index contributed by atoms with van der Waals surface area (Å²) in [6.07, 6.45) is 2.80. The predicted molar refractivity (Wildman–Crippen MR) is 145 cm³/mol. The van der Waals surface area contributed by atoms with Gasteiger partial charge in [-0.15, -0.1) is 0 Å². The van der Waals surface area contributed by atoms with Crippen molar-refractivity contribution in [2.24, 2.45) is 11.8 Å². The number of aromatic nitrogens is 1. The number of ether oxygens (including phenoxy) is 2. The normalized spacial score (nSPS) is 14.6. The molecule has 1 atom stereocenters. The van der Waals surface area contributed by atoms with Crippen molar-refractivity contribution in [3.8, 4) is 11.5 Å². The molecule has 0 aliphatic carbocycles. The van der Waals surface area contributed by atoms with E-state index in [-0.39, 0.29) is 11.8 Å². The van der Waals surface area contributed by atoms with Gasteiger partial charge in [-0.1, -0.05) is 37.6 Å². The minimum absolute atomic E-state index is 0.125. The zero-order valence-corrected chi connectivity index (χ0v) is 22.9. The first-order chi connectivity index (χ1) is 17.1. The van der Waals surface area contributed by atoms with Gasteiger partial charge in [-0.2, -0.15) is 0 Å². The number of fused-ring (bicyclic) bond motifs is 2. The lowest BCUT2D eigenvalue weighted by Gasteiger charge is -2.34. The fourth-order valence-electron chi connectivity index (χ4n) is 5.21. The van der Waals surface area contributed by atoms with E-state index in [1.165, 1.54) is 10.9 Å². The average Bonchev–Trinajstić information content (AvgIpc) is 3.16. The van der Waals surface area contributed by atoms with Crippen LogP contribution in [0.1, 0.15) is 38.3 Å². The first-order valence-corrected chi connectivity index (χ1v) is 13.2. The standard InChI is InChI=1S/C29H39ClN3O3/c1-20(2)16-32(17-22-14-25(30)28-27(15-22)35-12-7-13-36-28)29(34)21(3)18-33(4,5)19-23-8-6-9-26-24(23)10-11-31-26/h6,8-11,14-15,20-21,31H,7,12-13,16-19H2,1-5H3/q+1. The third-order valence-electron chi connectivity index (χ3n) is 6.61. The van der Waals surface area contributed by atoms with Gasteiger partial charge in [0.05, 0.1) is 44.8 Å². The summed E-state index contributed by atoms with van der Waals surface area (Å²) in [5.74, 6) is 1.66. The Morgan fingerprint density at radius 1 is 1.14 bits per heavy atom. The van der Waals surface area contributed by atoms with E-state index in [9.17, 15) is 4.79 Å². The molecule has 6 nitrogen and oxygen atoms in total. The summed E-state index contributed by atoms with van der Waals surface area (Å²) >= 11 is 6.54. The van der Waals surface area contributed by atoms with E-state index >= 15 is 0 Å². The maximum absolute atomic E-state index is 13.7. The van der Waals surface area contributed by atoms with Gasteiger partial charge in [-0.3, -0.25) is 4.79 Å². The molecule has 0 saturated carbocycles. The van der Waals surface area contributed by atoms with Crippen molar-refractivity contribution in [3.05, 3.63) is 58.7 Å². The van der Waals surface area contributed by atoms with Crippen LogP contribution in [0.15, 0.2) is 42.6 Å². The number of rotatable bonds is 9. The van der Waals surface area contributed by atoms with Crippen LogP contribution in [-0.2, 0) is 17.9 Å². The number of quaternary nitrogens is 1. The van der Waals surface area contributed by atoms with Crippen LogP contribution >= 0.6 is 11.6 Å². The quantitative estimate of drug-likeness (QED) is 0.364. The number of halogens is 1. The molecular formula is C29H39ClN3O3+. The lowest BCUT2D eigenvalue weighted by molar-refractivity contribution is -0.905. The third-order valence-corrected chi connectivity index (χ3v) is 6.89. The number of nitrogens with zero attached hydrogens (tertiary/aromatic N) is 2. The van der Waals surface area contributed by atoms with E-state index in [0.717, 1.165) is 35.1 Å². The van der Waals surface area contributed by atoms with E-state index in [0.29, 0.717) is 48.7 Å². The number of H-pyrrole nitrogens is 1. The highest BCUT2D eigenvalue weighted by atomic mass is 35.5. The van der Waals surface area contributed by atoms with Crippen LogP contribution in [0.2, 0.25) is 5.02 Å². The van der Waals surface area contributed by atoms with E-state index < -0.39 is 0 Å². The van der Waals surface area contributed by atoms with Crippen molar-refractivity contribution in [2.45, 2.75) is 40.3 Å². The molecule has 3 aromatic rings. The molecule has 194 valence electrons. The minimum Gasteiger partial charge on any atom is -0.489 e. The average molecular weight is 513 g/mol. The van der Waals surface area contributed by atoms with Crippen molar-refractivity contribution in [1.82, 2.24) is 9.88 Å². The summed E-state index contributed by atoms with van der Waals surface area (Å²) in [4.78, 5) is 19.0. The fourth-order valence-corrected chi connectivity index (χ4v) is 5.50. The van der Waals surface area contributed by atoms with Crippen molar-refractivity contribution in [2.75, 3.05) is 40.4 Å². The van der Waals surface area contributed by atoms with Crippen LogP contribution in [0.3, 0.4) is 0 Å². The minimum atomic E-state index is -0.125. The molecule has 1 unspecified atom stereocenters. The van der Waals surface area contributed by atoms with Gasteiger partial charge in [0.25, 0.3) is 0 Å². The smallest absolute Gasteiger partial charge is 0.231 e. The van der Waals surface area contributed by atoms with E-state index in [4.69, 9.17) is 21.1 Å². The van der Waals surface area contributed by atoms with E-state index in [1.807, 2.05) is 30.2 Å². The molecule has 0 radical (unpaired) electrons. The SMILES string of the molecule is CC(C)CN(Cc1cc(Cl)c2c(c1)OCCCO2)C(=O)C(C)C[N+](C)(C)Cc1cccc2[nH]ccc12. The Balaban J connectivity index is 1.48. The molecule has 1 amide bonds. The highest BCUT2D eigenvalue weighted by molar-refractivity contribution is 6.32.